The minimum Gasteiger partial charge on any atom is -0.348 e. The summed E-state index contributed by atoms with van der Waals surface area (Å²) in [6, 6.07) is 6.06. The van der Waals surface area contributed by atoms with Crippen molar-refractivity contribution < 1.29 is 9.18 Å². The van der Waals surface area contributed by atoms with Crippen LogP contribution in [0.15, 0.2) is 24.3 Å². The first-order chi connectivity index (χ1) is 8.75. The van der Waals surface area contributed by atoms with Crippen LogP contribution in [0.3, 0.4) is 0 Å². The Labute approximate surface area is 114 Å². The molecule has 0 aromatic heterocycles. The van der Waals surface area contributed by atoms with Crippen LogP contribution < -0.4 is 11.1 Å². The minimum atomic E-state index is -0.280. The molecule has 0 radical (unpaired) electrons. The number of amides is 1. The van der Waals surface area contributed by atoms with Crippen LogP contribution >= 0.6 is 0 Å². The van der Waals surface area contributed by atoms with Gasteiger partial charge in [0, 0.05) is 12.5 Å². The van der Waals surface area contributed by atoms with E-state index in [0.717, 1.165) is 5.56 Å². The minimum absolute atomic E-state index is 0.0771. The molecule has 0 heterocycles. The maximum atomic E-state index is 13.0. The third-order valence-corrected chi connectivity index (χ3v) is 3.16. The largest absolute Gasteiger partial charge is 0.348 e. The summed E-state index contributed by atoms with van der Waals surface area (Å²) in [5, 5.41) is 3.00. The first kappa shape index (κ1) is 15.6. The lowest BCUT2D eigenvalue weighted by atomic mass is 9.82. The van der Waals surface area contributed by atoms with Crippen molar-refractivity contribution in [2.75, 3.05) is 6.54 Å². The van der Waals surface area contributed by atoms with Crippen LogP contribution in [-0.2, 0) is 4.79 Å². The molecule has 0 fully saturated rings. The van der Waals surface area contributed by atoms with Gasteiger partial charge in [-0.3, -0.25) is 4.79 Å². The Morgan fingerprint density at radius 1 is 1.32 bits per heavy atom. The van der Waals surface area contributed by atoms with Crippen LogP contribution in [0.25, 0.3) is 0 Å². The van der Waals surface area contributed by atoms with Gasteiger partial charge in [-0.1, -0.05) is 39.8 Å². The first-order valence-corrected chi connectivity index (χ1v) is 6.51. The van der Waals surface area contributed by atoms with E-state index in [1.54, 1.807) is 19.1 Å². The van der Waals surface area contributed by atoms with E-state index in [9.17, 15) is 9.18 Å². The standard InChI is InChI=1S/C15H23FN2O/c1-10(9-17)14(19)18-13(15(2,3)4)11-5-7-12(16)8-6-11/h5-8,10,13H,9,17H2,1-4H3,(H,18,19). The molecule has 4 heteroatoms. The van der Waals surface area contributed by atoms with Crippen molar-refractivity contribution in [3.8, 4) is 0 Å². The number of hydrogen-bond acceptors (Lipinski definition) is 2. The van der Waals surface area contributed by atoms with E-state index >= 15 is 0 Å². The zero-order chi connectivity index (χ0) is 14.6. The molecule has 0 aliphatic carbocycles. The van der Waals surface area contributed by atoms with Crippen LogP contribution in [-0.4, -0.2) is 12.5 Å². The van der Waals surface area contributed by atoms with Crippen molar-refractivity contribution in [2.24, 2.45) is 17.1 Å². The molecule has 0 spiro atoms. The Balaban J connectivity index is 2.97. The Kier molecular flexibility index (Phi) is 5.06. The molecule has 106 valence electrons. The zero-order valence-corrected chi connectivity index (χ0v) is 12.0. The average Bonchev–Trinajstić information content (AvgIpc) is 2.34. The van der Waals surface area contributed by atoms with Gasteiger partial charge in [0.1, 0.15) is 5.82 Å². The summed E-state index contributed by atoms with van der Waals surface area (Å²) in [7, 11) is 0. The van der Waals surface area contributed by atoms with Crippen molar-refractivity contribution in [1.82, 2.24) is 5.32 Å². The molecule has 3 nitrogen and oxygen atoms in total. The van der Waals surface area contributed by atoms with Gasteiger partial charge < -0.3 is 11.1 Å². The molecule has 0 aliphatic rings. The molecule has 1 amide bonds. The molecule has 0 saturated heterocycles. The Morgan fingerprint density at radius 3 is 2.26 bits per heavy atom. The second kappa shape index (κ2) is 6.15. The van der Waals surface area contributed by atoms with E-state index in [-0.39, 0.29) is 29.1 Å². The number of rotatable bonds is 4. The van der Waals surface area contributed by atoms with Crippen molar-refractivity contribution in [3.05, 3.63) is 35.6 Å². The molecule has 0 bridgehead atoms. The zero-order valence-electron chi connectivity index (χ0n) is 12.0. The molecule has 2 unspecified atom stereocenters. The smallest absolute Gasteiger partial charge is 0.224 e. The predicted octanol–water partition coefficient (Wildman–Crippen LogP) is 2.62. The maximum absolute atomic E-state index is 13.0. The lowest BCUT2D eigenvalue weighted by Gasteiger charge is -2.32. The normalized spacial score (nSPS) is 14.8. The SMILES string of the molecule is CC(CN)C(=O)NC(c1ccc(F)cc1)C(C)(C)C. The fourth-order valence-corrected chi connectivity index (χ4v) is 1.85. The predicted molar refractivity (Wildman–Crippen MR) is 75.0 cm³/mol. The van der Waals surface area contributed by atoms with Gasteiger partial charge in [-0.15, -0.1) is 0 Å². The quantitative estimate of drug-likeness (QED) is 0.880. The number of halogens is 1. The maximum Gasteiger partial charge on any atom is 0.224 e. The lowest BCUT2D eigenvalue weighted by Crippen LogP contribution is -2.41. The van der Waals surface area contributed by atoms with E-state index in [1.165, 1.54) is 12.1 Å². The number of hydrogen-bond donors (Lipinski definition) is 2. The Bertz CT molecular complexity index is 423. The Morgan fingerprint density at radius 2 is 1.84 bits per heavy atom. The average molecular weight is 266 g/mol. The van der Waals surface area contributed by atoms with Gasteiger partial charge in [-0.25, -0.2) is 4.39 Å². The molecule has 3 N–H and O–H groups in total. The summed E-state index contributed by atoms with van der Waals surface area (Å²) in [4.78, 5) is 12.0. The van der Waals surface area contributed by atoms with Gasteiger partial charge in [0.05, 0.1) is 6.04 Å². The van der Waals surface area contributed by atoms with Crippen LogP contribution in [0.2, 0.25) is 0 Å². The summed E-state index contributed by atoms with van der Waals surface area (Å²) in [5.74, 6) is -0.588. The monoisotopic (exact) mass is 266 g/mol. The fourth-order valence-electron chi connectivity index (χ4n) is 1.85. The highest BCUT2D eigenvalue weighted by atomic mass is 19.1. The lowest BCUT2D eigenvalue weighted by molar-refractivity contribution is -0.125. The molecular formula is C15H23FN2O. The van der Waals surface area contributed by atoms with E-state index in [2.05, 4.69) is 5.32 Å². The number of carbonyl (C=O) groups is 1. The highest BCUT2D eigenvalue weighted by Crippen LogP contribution is 2.33. The van der Waals surface area contributed by atoms with Gasteiger partial charge in [0.2, 0.25) is 5.91 Å². The highest BCUT2D eigenvalue weighted by Gasteiger charge is 2.28. The van der Waals surface area contributed by atoms with Gasteiger partial charge >= 0.3 is 0 Å². The van der Waals surface area contributed by atoms with E-state index < -0.39 is 0 Å². The summed E-state index contributed by atoms with van der Waals surface area (Å²) in [6.07, 6.45) is 0. The van der Waals surface area contributed by atoms with Crippen molar-refractivity contribution in [2.45, 2.75) is 33.7 Å². The molecule has 19 heavy (non-hydrogen) atoms. The summed E-state index contributed by atoms with van der Waals surface area (Å²) >= 11 is 0. The van der Waals surface area contributed by atoms with Gasteiger partial charge in [-0.2, -0.15) is 0 Å². The topological polar surface area (TPSA) is 55.1 Å². The van der Waals surface area contributed by atoms with Gasteiger partial charge in [0.25, 0.3) is 0 Å². The fraction of sp³-hybridized carbons (Fsp3) is 0.533. The van der Waals surface area contributed by atoms with E-state index in [0.29, 0.717) is 6.54 Å². The summed E-state index contributed by atoms with van der Waals surface area (Å²) in [6.45, 7) is 8.21. The van der Waals surface area contributed by atoms with Crippen LogP contribution in [0.5, 0.6) is 0 Å². The summed E-state index contributed by atoms with van der Waals surface area (Å²) < 4.78 is 13.0. The highest BCUT2D eigenvalue weighted by molar-refractivity contribution is 5.79. The van der Waals surface area contributed by atoms with E-state index in [4.69, 9.17) is 5.73 Å². The second-order valence-electron chi connectivity index (χ2n) is 6.00. The third-order valence-electron chi connectivity index (χ3n) is 3.16. The van der Waals surface area contributed by atoms with E-state index in [1.807, 2.05) is 20.8 Å². The third kappa shape index (κ3) is 4.31. The molecular weight excluding hydrogens is 243 g/mol. The van der Waals surface area contributed by atoms with Crippen molar-refractivity contribution >= 4 is 5.91 Å². The molecule has 1 rings (SSSR count). The van der Waals surface area contributed by atoms with Gasteiger partial charge in [-0.05, 0) is 23.1 Å². The first-order valence-electron chi connectivity index (χ1n) is 6.51. The van der Waals surface area contributed by atoms with Crippen LogP contribution in [0, 0.1) is 17.2 Å². The number of nitrogens with one attached hydrogen (secondary N) is 1. The van der Waals surface area contributed by atoms with Crippen LogP contribution in [0.4, 0.5) is 4.39 Å². The Hall–Kier alpha value is -1.42. The number of nitrogens with two attached hydrogens (primary N) is 1. The molecule has 1 aromatic carbocycles. The second-order valence-corrected chi connectivity index (χ2v) is 6.00. The van der Waals surface area contributed by atoms with Crippen LogP contribution in [0.1, 0.15) is 39.3 Å². The number of carbonyl (C=O) groups excluding carboxylic acids is 1. The molecule has 0 aliphatic heterocycles. The molecule has 0 saturated carbocycles. The van der Waals surface area contributed by atoms with Crippen molar-refractivity contribution in [1.29, 1.82) is 0 Å². The van der Waals surface area contributed by atoms with Gasteiger partial charge in [0.15, 0.2) is 0 Å². The summed E-state index contributed by atoms with van der Waals surface area (Å²) in [5.41, 5.74) is 6.24. The molecule has 2 atom stereocenters. The number of benzene rings is 1. The van der Waals surface area contributed by atoms with Crippen molar-refractivity contribution in [3.63, 3.8) is 0 Å². The molecule has 1 aromatic rings.